The average molecular weight is 618 g/mol. The Kier molecular flexibility index (Phi) is 11.7. The van der Waals surface area contributed by atoms with Crippen LogP contribution < -0.4 is 9.47 Å². The van der Waals surface area contributed by atoms with E-state index in [2.05, 4.69) is 23.2 Å². The predicted octanol–water partition coefficient (Wildman–Crippen LogP) is 5.75. The van der Waals surface area contributed by atoms with Crippen LogP contribution in [0, 0.1) is 6.07 Å². The fraction of sp³-hybridized carbons (Fsp3) is 0.167. The van der Waals surface area contributed by atoms with E-state index in [1.165, 1.54) is 24.8 Å². The van der Waals surface area contributed by atoms with Gasteiger partial charge in [0, 0.05) is 54.6 Å². The Bertz CT molecular complexity index is 1010. The summed E-state index contributed by atoms with van der Waals surface area (Å²) < 4.78 is 10.7. The molecule has 3 rings (SSSR count). The van der Waals surface area contributed by atoms with Crippen molar-refractivity contribution in [1.82, 2.24) is 4.98 Å². The second kappa shape index (κ2) is 13.7. The zero-order valence-corrected chi connectivity index (χ0v) is 20.8. The second-order valence-corrected chi connectivity index (χ2v) is 7.32. The fourth-order valence-corrected chi connectivity index (χ4v) is 3.33. The molecular weight excluding hydrogens is 593 g/mol. The maximum absolute atomic E-state index is 10.0. The molecule has 0 aliphatic heterocycles. The molecule has 5 nitrogen and oxygen atoms in total. The van der Waals surface area contributed by atoms with Gasteiger partial charge in [-0.05, 0) is 37.7 Å². The molecule has 0 amide bonds. The molecule has 7 heteroatoms. The quantitative estimate of drug-likeness (QED) is 0.216. The van der Waals surface area contributed by atoms with Crippen molar-refractivity contribution in [1.29, 1.82) is 0 Å². The number of ketones is 1. The van der Waals surface area contributed by atoms with Crippen molar-refractivity contribution in [2.75, 3.05) is 14.2 Å². The van der Waals surface area contributed by atoms with Crippen LogP contribution in [0.25, 0.3) is 11.3 Å². The summed E-state index contributed by atoms with van der Waals surface area (Å²) >= 11 is 1.70. The maximum atomic E-state index is 10.0. The van der Waals surface area contributed by atoms with Crippen LogP contribution >= 0.6 is 11.8 Å². The van der Waals surface area contributed by atoms with Crippen LogP contribution in [0.1, 0.15) is 13.8 Å². The molecule has 0 radical (unpaired) electrons. The number of benzene rings is 2. The van der Waals surface area contributed by atoms with Crippen molar-refractivity contribution in [3.8, 4) is 22.8 Å². The van der Waals surface area contributed by atoms with E-state index < -0.39 is 0 Å². The first-order valence-electron chi connectivity index (χ1n) is 9.13. The number of rotatable bonds is 6. The molecule has 1 heterocycles. The van der Waals surface area contributed by atoms with Gasteiger partial charge >= 0.3 is 0 Å². The Hall–Kier alpha value is -2.56. The van der Waals surface area contributed by atoms with E-state index in [1.54, 1.807) is 38.2 Å². The molecular formula is C24H24NO4PtS-. The van der Waals surface area contributed by atoms with Gasteiger partial charge in [0.1, 0.15) is 0 Å². The average Bonchev–Trinajstić information content (AvgIpc) is 2.73. The summed E-state index contributed by atoms with van der Waals surface area (Å²) in [5.74, 6) is 1.34. The Balaban J connectivity index is 0.000000523. The van der Waals surface area contributed by atoms with E-state index in [9.17, 15) is 4.79 Å². The molecule has 0 saturated carbocycles. The Labute approximate surface area is 201 Å². The fourth-order valence-electron chi connectivity index (χ4n) is 2.47. The van der Waals surface area contributed by atoms with Crippen LogP contribution in [0.4, 0.5) is 0 Å². The zero-order chi connectivity index (χ0) is 21.9. The number of methoxy groups -OCH3 is 2. The number of allylic oxidation sites excluding steroid dienone is 2. The predicted molar refractivity (Wildman–Crippen MR) is 119 cm³/mol. The normalized spacial score (nSPS) is 10.3. The van der Waals surface area contributed by atoms with E-state index in [1.807, 2.05) is 36.4 Å². The number of nitrogens with zero attached hydrogens (tertiary/aromatic N) is 1. The third-order valence-electron chi connectivity index (χ3n) is 3.71. The number of hydrogen-bond donors (Lipinski definition) is 1. The van der Waals surface area contributed by atoms with Gasteiger partial charge in [-0.1, -0.05) is 47.7 Å². The van der Waals surface area contributed by atoms with Crippen LogP contribution in [0.15, 0.2) is 82.4 Å². The smallest absolute Gasteiger partial charge is 0.155 e. The van der Waals surface area contributed by atoms with Crippen molar-refractivity contribution >= 4 is 17.5 Å². The van der Waals surface area contributed by atoms with Gasteiger partial charge in [0.15, 0.2) is 5.78 Å². The van der Waals surface area contributed by atoms with Crippen LogP contribution in [0.5, 0.6) is 11.5 Å². The summed E-state index contributed by atoms with van der Waals surface area (Å²) in [6.07, 6.45) is 2.97. The minimum Gasteiger partial charge on any atom is -0.540 e. The molecule has 166 valence electrons. The molecule has 0 atom stereocenters. The van der Waals surface area contributed by atoms with Crippen LogP contribution in [0.2, 0.25) is 0 Å². The summed E-state index contributed by atoms with van der Waals surface area (Å²) in [5, 5.41) is 8.36. The summed E-state index contributed by atoms with van der Waals surface area (Å²) in [6.45, 7) is 2.85. The number of aromatic nitrogens is 1. The topological polar surface area (TPSA) is 68.7 Å². The number of hydrogen-bond acceptors (Lipinski definition) is 6. The molecule has 0 aliphatic carbocycles. The van der Waals surface area contributed by atoms with E-state index in [0.717, 1.165) is 16.2 Å². The molecule has 0 saturated heterocycles. The summed E-state index contributed by atoms with van der Waals surface area (Å²) in [5.41, 5.74) is 1.65. The zero-order valence-electron chi connectivity index (χ0n) is 17.7. The van der Waals surface area contributed by atoms with Gasteiger partial charge in [0.25, 0.3) is 0 Å². The number of aliphatic hydroxyl groups is 1. The van der Waals surface area contributed by atoms with Gasteiger partial charge in [-0.15, -0.1) is 12.1 Å². The Morgan fingerprint density at radius 2 is 1.77 bits per heavy atom. The molecule has 0 spiro atoms. The molecule has 0 aliphatic rings. The molecule has 1 N–H and O–H groups in total. The van der Waals surface area contributed by atoms with Crippen LogP contribution in [0.3, 0.4) is 0 Å². The van der Waals surface area contributed by atoms with Crippen molar-refractivity contribution in [2.24, 2.45) is 0 Å². The summed E-state index contributed by atoms with van der Waals surface area (Å²) in [4.78, 5) is 16.8. The first kappa shape index (κ1) is 26.5. The number of carbonyl (C=O) groups excluding carboxylic acids is 1. The standard InChI is InChI=1S/C19H16NO2S.C5H8O2.Pt/c1-21-14-8-9-17(19(12-14)22-2)18-13-16(10-11-20-18)23-15-6-4-3-5-7-15;1-4(6)3-5(2)7;/h3-8,10-13H,1-2H3;3,6H,1-2H3;/q-1;;/b;4-3-;. The number of ether oxygens (including phenoxy) is 2. The molecule has 0 bridgehead atoms. The van der Waals surface area contributed by atoms with Crippen molar-refractivity contribution < 1.29 is 40.4 Å². The number of aliphatic hydroxyl groups excluding tert-OH is 1. The summed E-state index contributed by atoms with van der Waals surface area (Å²) in [6, 6.07) is 21.1. The SMILES string of the molecule is CC(=O)/C=C(/C)O.COc1c[c-]c(-c2cc(Sc3ccccc3)ccn2)c(OC)c1.[Pt]. The van der Waals surface area contributed by atoms with Crippen molar-refractivity contribution in [2.45, 2.75) is 23.6 Å². The minimum atomic E-state index is -0.125. The monoisotopic (exact) mass is 617 g/mol. The van der Waals surface area contributed by atoms with Crippen molar-refractivity contribution in [3.63, 3.8) is 0 Å². The molecule has 1 aromatic heterocycles. The molecule has 31 heavy (non-hydrogen) atoms. The van der Waals surface area contributed by atoms with E-state index in [0.29, 0.717) is 11.5 Å². The van der Waals surface area contributed by atoms with E-state index in [-0.39, 0.29) is 32.6 Å². The number of carbonyl (C=O) groups is 1. The van der Waals surface area contributed by atoms with Crippen LogP contribution in [-0.4, -0.2) is 30.1 Å². The van der Waals surface area contributed by atoms with Gasteiger partial charge < -0.3 is 19.6 Å². The van der Waals surface area contributed by atoms with Gasteiger partial charge in [-0.2, -0.15) is 0 Å². The van der Waals surface area contributed by atoms with E-state index >= 15 is 0 Å². The van der Waals surface area contributed by atoms with Gasteiger partial charge in [-0.25, -0.2) is 0 Å². The Morgan fingerprint density at radius 3 is 2.32 bits per heavy atom. The third kappa shape index (κ3) is 8.99. The van der Waals surface area contributed by atoms with Crippen molar-refractivity contribution in [3.05, 3.63) is 78.7 Å². The molecule has 2 aromatic carbocycles. The van der Waals surface area contributed by atoms with Gasteiger partial charge in [-0.3, -0.25) is 4.79 Å². The second-order valence-electron chi connectivity index (χ2n) is 6.17. The number of pyridine rings is 1. The van der Waals surface area contributed by atoms with Gasteiger partial charge in [0.05, 0.1) is 20.0 Å². The minimum absolute atomic E-state index is 0. The molecule has 3 aromatic rings. The third-order valence-corrected chi connectivity index (χ3v) is 4.71. The first-order chi connectivity index (χ1) is 14.4. The van der Waals surface area contributed by atoms with Crippen LogP contribution in [-0.2, 0) is 25.9 Å². The Morgan fingerprint density at radius 1 is 1.06 bits per heavy atom. The maximum Gasteiger partial charge on any atom is 0.155 e. The largest absolute Gasteiger partial charge is 0.540 e. The molecule has 0 fully saturated rings. The molecule has 0 unspecified atom stereocenters. The van der Waals surface area contributed by atoms with E-state index in [4.69, 9.17) is 14.6 Å². The summed E-state index contributed by atoms with van der Waals surface area (Å²) in [7, 11) is 3.26. The van der Waals surface area contributed by atoms with Gasteiger partial charge in [0.2, 0.25) is 0 Å². The first-order valence-corrected chi connectivity index (χ1v) is 9.95.